The molecule has 0 aliphatic carbocycles. The van der Waals surface area contributed by atoms with E-state index in [2.05, 4.69) is 4.98 Å². The first-order valence-corrected chi connectivity index (χ1v) is 8.30. The van der Waals surface area contributed by atoms with E-state index in [-0.39, 0.29) is 12.3 Å². The van der Waals surface area contributed by atoms with Crippen LogP contribution in [-0.2, 0) is 6.54 Å². The van der Waals surface area contributed by atoms with Crippen LogP contribution < -0.4 is 0 Å². The molecule has 0 saturated carbocycles. The molecule has 2 heterocycles. The van der Waals surface area contributed by atoms with Crippen LogP contribution in [0.25, 0.3) is 22.4 Å². The number of nitrogens with zero attached hydrogens (tertiary/aromatic N) is 2. The van der Waals surface area contributed by atoms with Gasteiger partial charge in [-0.2, -0.15) is 0 Å². The Morgan fingerprint density at radius 3 is 2.76 bits per heavy atom. The molecule has 0 spiro atoms. The van der Waals surface area contributed by atoms with E-state index in [9.17, 15) is 4.79 Å². The zero-order chi connectivity index (χ0) is 17.4. The maximum atomic E-state index is 12.7. The number of carbonyl (C=O) groups excluding carboxylic acids is 1. The summed E-state index contributed by atoms with van der Waals surface area (Å²) in [6.07, 6.45) is 1.88. The van der Waals surface area contributed by atoms with Crippen LogP contribution in [-0.4, -0.2) is 15.3 Å². The van der Waals surface area contributed by atoms with Crippen LogP contribution in [0.3, 0.4) is 0 Å². The van der Waals surface area contributed by atoms with E-state index in [0.717, 1.165) is 16.5 Å². The van der Waals surface area contributed by atoms with E-state index in [1.165, 1.54) is 0 Å². The van der Waals surface area contributed by atoms with Gasteiger partial charge in [0.2, 0.25) is 11.7 Å². The molecule has 0 aliphatic heterocycles. The van der Waals surface area contributed by atoms with Crippen molar-refractivity contribution in [3.8, 4) is 11.5 Å². The molecule has 4 nitrogen and oxygen atoms in total. The third kappa shape index (κ3) is 2.96. The topological polar surface area (TPSA) is 48.0 Å². The standard InChI is InChI=1S/C20H15ClN2O2/c1-13-19(22-20(25-13)15-5-3-2-4-6-15)18(24)12-23-10-9-14-7-8-16(21)11-17(14)23/h2-11H,12H2,1H3. The van der Waals surface area contributed by atoms with Gasteiger partial charge in [-0.25, -0.2) is 4.98 Å². The summed E-state index contributed by atoms with van der Waals surface area (Å²) in [6, 6.07) is 17.1. The van der Waals surface area contributed by atoms with Crippen molar-refractivity contribution in [3.63, 3.8) is 0 Å². The number of aromatic nitrogens is 2. The minimum atomic E-state index is -0.0964. The summed E-state index contributed by atoms with van der Waals surface area (Å²) in [4.78, 5) is 17.1. The fraction of sp³-hybridized carbons (Fsp3) is 0.100. The summed E-state index contributed by atoms with van der Waals surface area (Å²) in [7, 11) is 0. The lowest BCUT2D eigenvalue weighted by atomic mass is 10.2. The number of aryl methyl sites for hydroxylation is 1. The third-order valence-electron chi connectivity index (χ3n) is 4.13. The van der Waals surface area contributed by atoms with E-state index in [0.29, 0.717) is 22.4 Å². The fourth-order valence-electron chi connectivity index (χ4n) is 2.88. The zero-order valence-electron chi connectivity index (χ0n) is 13.6. The highest BCUT2D eigenvalue weighted by Gasteiger charge is 2.19. The van der Waals surface area contributed by atoms with Gasteiger partial charge in [-0.05, 0) is 42.6 Å². The van der Waals surface area contributed by atoms with Crippen molar-refractivity contribution in [1.82, 2.24) is 9.55 Å². The highest BCUT2D eigenvalue weighted by atomic mass is 35.5. The summed E-state index contributed by atoms with van der Waals surface area (Å²) < 4.78 is 7.56. The molecular formula is C20H15ClN2O2. The van der Waals surface area contributed by atoms with Crippen LogP contribution in [0, 0.1) is 6.92 Å². The summed E-state index contributed by atoms with van der Waals surface area (Å²) >= 11 is 6.07. The Morgan fingerprint density at radius 2 is 1.96 bits per heavy atom. The van der Waals surface area contributed by atoms with Crippen LogP contribution in [0.4, 0.5) is 0 Å². The molecular weight excluding hydrogens is 336 g/mol. The first kappa shape index (κ1) is 15.7. The maximum Gasteiger partial charge on any atom is 0.226 e. The number of hydrogen-bond donors (Lipinski definition) is 0. The molecule has 2 aromatic heterocycles. The number of fused-ring (bicyclic) bond motifs is 1. The fourth-order valence-corrected chi connectivity index (χ4v) is 3.05. The first-order chi connectivity index (χ1) is 12.1. The highest BCUT2D eigenvalue weighted by Crippen LogP contribution is 2.24. The van der Waals surface area contributed by atoms with Gasteiger partial charge in [-0.15, -0.1) is 0 Å². The van der Waals surface area contributed by atoms with Gasteiger partial charge < -0.3 is 8.98 Å². The first-order valence-electron chi connectivity index (χ1n) is 7.92. The Hall–Kier alpha value is -2.85. The van der Waals surface area contributed by atoms with Crippen molar-refractivity contribution in [2.24, 2.45) is 0 Å². The average Bonchev–Trinajstić information content (AvgIpc) is 3.19. The Kier molecular flexibility index (Phi) is 3.90. The number of rotatable bonds is 4. The second kappa shape index (κ2) is 6.22. The second-order valence-corrected chi connectivity index (χ2v) is 6.30. The van der Waals surface area contributed by atoms with Gasteiger partial charge in [-0.3, -0.25) is 4.79 Å². The van der Waals surface area contributed by atoms with Crippen molar-refractivity contribution < 1.29 is 9.21 Å². The van der Waals surface area contributed by atoms with Crippen molar-refractivity contribution in [2.45, 2.75) is 13.5 Å². The minimum absolute atomic E-state index is 0.0964. The lowest BCUT2D eigenvalue weighted by molar-refractivity contribution is 0.0968. The van der Waals surface area contributed by atoms with Crippen molar-refractivity contribution in [1.29, 1.82) is 0 Å². The Balaban J connectivity index is 1.65. The molecule has 0 bridgehead atoms. The zero-order valence-corrected chi connectivity index (χ0v) is 14.3. The van der Waals surface area contributed by atoms with Crippen LogP contribution in [0.5, 0.6) is 0 Å². The second-order valence-electron chi connectivity index (χ2n) is 5.86. The predicted molar refractivity (Wildman–Crippen MR) is 98.0 cm³/mol. The lowest BCUT2D eigenvalue weighted by Crippen LogP contribution is -2.11. The van der Waals surface area contributed by atoms with Gasteiger partial charge in [0, 0.05) is 22.3 Å². The molecule has 0 amide bonds. The summed E-state index contributed by atoms with van der Waals surface area (Å²) in [5.74, 6) is 0.890. The van der Waals surface area contributed by atoms with Gasteiger partial charge >= 0.3 is 0 Å². The van der Waals surface area contributed by atoms with Gasteiger partial charge in [0.25, 0.3) is 0 Å². The molecule has 2 aromatic carbocycles. The third-order valence-corrected chi connectivity index (χ3v) is 4.37. The van der Waals surface area contributed by atoms with Crippen molar-refractivity contribution >= 4 is 28.3 Å². The molecule has 0 atom stereocenters. The van der Waals surface area contributed by atoms with Crippen molar-refractivity contribution in [3.05, 3.63) is 77.3 Å². The highest BCUT2D eigenvalue weighted by molar-refractivity contribution is 6.31. The Morgan fingerprint density at radius 1 is 1.16 bits per heavy atom. The summed E-state index contributed by atoms with van der Waals surface area (Å²) in [6.45, 7) is 1.95. The molecule has 25 heavy (non-hydrogen) atoms. The summed E-state index contributed by atoms with van der Waals surface area (Å²) in [5.41, 5.74) is 2.14. The van der Waals surface area contributed by atoms with Crippen LogP contribution in [0.1, 0.15) is 16.2 Å². The van der Waals surface area contributed by atoms with E-state index in [1.807, 2.05) is 65.4 Å². The van der Waals surface area contributed by atoms with Gasteiger partial charge in [0.1, 0.15) is 11.5 Å². The molecule has 0 fully saturated rings. The molecule has 0 radical (unpaired) electrons. The lowest BCUT2D eigenvalue weighted by Gasteiger charge is -2.04. The molecule has 0 N–H and O–H groups in total. The van der Waals surface area contributed by atoms with E-state index < -0.39 is 0 Å². The minimum Gasteiger partial charge on any atom is -0.441 e. The normalized spacial score (nSPS) is 11.1. The number of Topliss-reactive ketones (excluding diaryl/α,β-unsaturated/α-hetero) is 1. The number of benzene rings is 2. The average molecular weight is 351 g/mol. The number of hydrogen-bond acceptors (Lipinski definition) is 3. The number of ketones is 1. The molecule has 0 saturated heterocycles. The van der Waals surface area contributed by atoms with E-state index in [4.69, 9.17) is 16.0 Å². The van der Waals surface area contributed by atoms with Gasteiger partial charge in [-0.1, -0.05) is 35.9 Å². The molecule has 0 unspecified atom stereocenters. The molecule has 4 rings (SSSR count). The Labute approximate surface area is 149 Å². The Bertz CT molecular complexity index is 1060. The number of halogens is 1. The SMILES string of the molecule is Cc1oc(-c2ccccc2)nc1C(=O)Cn1ccc2ccc(Cl)cc21. The summed E-state index contributed by atoms with van der Waals surface area (Å²) in [5, 5.41) is 1.68. The van der Waals surface area contributed by atoms with Crippen LogP contribution >= 0.6 is 11.6 Å². The van der Waals surface area contributed by atoms with E-state index >= 15 is 0 Å². The van der Waals surface area contributed by atoms with E-state index in [1.54, 1.807) is 6.92 Å². The monoisotopic (exact) mass is 350 g/mol. The number of oxazole rings is 1. The smallest absolute Gasteiger partial charge is 0.226 e. The molecule has 124 valence electrons. The predicted octanol–water partition coefficient (Wildman–Crippen LogP) is 5.14. The maximum absolute atomic E-state index is 12.7. The number of carbonyl (C=O) groups is 1. The van der Waals surface area contributed by atoms with Crippen molar-refractivity contribution in [2.75, 3.05) is 0 Å². The van der Waals surface area contributed by atoms with Gasteiger partial charge in [0.15, 0.2) is 0 Å². The van der Waals surface area contributed by atoms with Crippen LogP contribution in [0.15, 0.2) is 65.2 Å². The molecule has 5 heteroatoms. The quantitative estimate of drug-likeness (QED) is 0.479. The van der Waals surface area contributed by atoms with Crippen LogP contribution in [0.2, 0.25) is 5.02 Å². The largest absolute Gasteiger partial charge is 0.441 e. The molecule has 4 aromatic rings. The molecule has 0 aliphatic rings. The van der Waals surface area contributed by atoms with Gasteiger partial charge in [0.05, 0.1) is 6.54 Å².